The average Bonchev–Trinajstić information content (AvgIpc) is 2.52. The van der Waals surface area contributed by atoms with Crippen LogP contribution in [-0.2, 0) is 15.9 Å². The van der Waals surface area contributed by atoms with Crippen LogP contribution in [0.15, 0.2) is 45.4 Å². The van der Waals surface area contributed by atoms with E-state index >= 15 is 0 Å². The van der Waals surface area contributed by atoms with E-state index in [1.54, 1.807) is 0 Å². The molecule has 1 aliphatic rings. The fourth-order valence-corrected chi connectivity index (χ4v) is 6.03. The van der Waals surface area contributed by atoms with Crippen LogP contribution in [0.4, 0.5) is 30.7 Å². The summed E-state index contributed by atoms with van der Waals surface area (Å²) in [5.41, 5.74) is 0.190. The van der Waals surface area contributed by atoms with Gasteiger partial charge in [-0.1, -0.05) is 56.1 Å². The summed E-state index contributed by atoms with van der Waals surface area (Å²) in [5.74, 6) is -6.50. The van der Waals surface area contributed by atoms with Crippen molar-refractivity contribution in [2.24, 2.45) is 0 Å². The second-order valence-corrected chi connectivity index (χ2v) is 9.23. The number of alkyl halides is 7. The van der Waals surface area contributed by atoms with Crippen molar-refractivity contribution < 1.29 is 35.3 Å². The van der Waals surface area contributed by atoms with Crippen molar-refractivity contribution in [3.05, 3.63) is 62.9 Å². The molecule has 0 fully saturated rings. The summed E-state index contributed by atoms with van der Waals surface area (Å²) in [6, 6.07) is 5.58. The molecule has 1 aliphatic carbocycles. The lowest BCUT2D eigenvalue weighted by atomic mass is 9.90. The monoisotopic (exact) mass is 541 g/mol. The number of halogens is 9. The van der Waals surface area contributed by atoms with Crippen molar-refractivity contribution in [3.8, 4) is 0 Å². The molecule has 1 atom stereocenters. The minimum atomic E-state index is -6.58. The molecule has 1 radical (unpaired) electrons. The quantitative estimate of drug-likeness (QED) is 0.314. The highest BCUT2D eigenvalue weighted by molar-refractivity contribution is 9.12. The molecule has 27 heavy (non-hydrogen) atoms. The normalized spacial score (nSPS) is 19.4. The number of aryl methyl sites for hydroxylation is 1. The standard InChI is InChI=1S/C16H10Br2F7OS/c1-9-4-2-3-5-12(9)13(7-10(17)6-11(18)8-13)27(26)16(24,25)14(19,20)15(21,22)23/h2-8H,1H3. The predicted octanol–water partition coefficient (Wildman–Crippen LogP) is 6.50. The zero-order valence-corrected chi connectivity index (χ0v) is 17.2. The second kappa shape index (κ2) is 7.38. The third kappa shape index (κ3) is 3.84. The van der Waals surface area contributed by atoms with Crippen molar-refractivity contribution in [3.63, 3.8) is 0 Å². The summed E-state index contributed by atoms with van der Waals surface area (Å²) in [5, 5.41) is -5.90. The van der Waals surface area contributed by atoms with E-state index in [-0.39, 0.29) is 20.1 Å². The van der Waals surface area contributed by atoms with Gasteiger partial charge in [-0.25, -0.2) is 0 Å². The van der Waals surface area contributed by atoms with Gasteiger partial charge in [-0.3, -0.25) is 0 Å². The molecule has 2 rings (SSSR count). The summed E-state index contributed by atoms with van der Waals surface area (Å²) >= 11 is 1.96. The molecule has 0 saturated heterocycles. The van der Waals surface area contributed by atoms with Gasteiger partial charge in [0.25, 0.3) is 0 Å². The lowest BCUT2D eigenvalue weighted by molar-refractivity contribution is -0.332. The predicted molar refractivity (Wildman–Crippen MR) is 95.3 cm³/mol. The SMILES string of the molecule is Cc1ccccc1C1([S+]([O-])C(F)(F)C(F)(F)C(F)(F)F)C=C(Br)[CH]C(Br)=C1. The van der Waals surface area contributed by atoms with Gasteiger partial charge in [-0.05, 0) is 24.6 Å². The Morgan fingerprint density at radius 2 is 1.41 bits per heavy atom. The number of benzene rings is 1. The van der Waals surface area contributed by atoms with Gasteiger partial charge in [-0.15, -0.1) is 8.78 Å². The van der Waals surface area contributed by atoms with Gasteiger partial charge >= 0.3 is 17.4 Å². The third-order valence-electron chi connectivity index (χ3n) is 3.81. The molecule has 1 unspecified atom stereocenters. The fourth-order valence-electron chi connectivity index (χ4n) is 2.53. The molecule has 0 spiro atoms. The Morgan fingerprint density at radius 3 is 1.85 bits per heavy atom. The van der Waals surface area contributed by atoms with Crippen LogP contribution in [-0.4, -0.2) is 21.9 Å². The maximum absolute atomic E-state index is 14.3. The van der Waals surface area contributed by atoms with Crippen molar-refractivity contribution in [1.29, 1.82) is 0 Å². The van der Waals surface area contributed by atoms with Gasteiger partial charge in [-0.2, -0.15) is 22.0 Å². The summed E-state index contributed by atoms with van der Waals surface area (Å²) in [6.45, 7) is 1.44. The van der Waals surface area contributed by atoms with Gasteiger partial charge < -0.3 is 4.55 Å². The Hall–Kier alpha value is -0.520. The van der Waals surface area contributed by atoms with Crippen LogP contribution in [0.2, 0.25) is 0 Å². The van der Waals surface area contributed by atoms with Crippen LogP contribution in [0.25, 0.3) is 0 Å². The third-order valence-corrected chi connectivity index (χ3v) is 6.51. The summed E-state index contributed by atoms with van der Waals surface area (Å²) in [6.07, 6.45) is -3.37. The molecule has 0 bridgehead atoms. The number of hydrogen-bond donors (Lipinski definition) is 0. The number of allylic oxidation sites excluding steroid dienone is 2. The molecule has 0 N–H and O–H groups in total. The largest absolute Gasteiger partial charge is 0.610 e. The van der Waals surface area contributed by atoms with Crippen molar-refractivity contribution in [2.75, 3.05) is 0 Å². The van der Waals surface area contributed by atoms with Crippen LogP contribution in [0.5, 0.6) is 0 Å². The smallest absolute Gasteiger partial charge is 0.482 e. The van der Waals surface area contributed by atoms with Crippen molar-refractivity contribution >= 4 is 43.0 Å². The topological polar surface area (TPSA) is 23.1 Å². The lowest BCUT2D eigenvalue weighted by Gasteiger charge is -2.39. The highest BCUT2D eigenvalue weighted by Crippen LogP contribution is 2.56. The van der Waals surface area contributed by atoms with E-state index in [2.05, 4.69) is 31.9 Å². The van der Waals surface area contributed by atoms with Gasteiger partial charge in [0.15, 0.2) is 4.75 Å². The van der Waals surface area contributed by atoms with E-state index in [4.69, 9.17) is 0 Å². The molecular weight excluding hydrogens is 533 g/mol. The van der Waals surface area contributed by atoms with Gasteiger partial charge in [0.05, 0.1) is 0 Å². The maximum atomic E-state index is 14.3. The molecule has 149 valence electrons. The van der Waals surface area contributed by atoms with Crippen molar-refractivity contribution in [1.82, 2.24) is 0 Å². The molecule has 0 aromatic heterocycles. The first-order valence-electron chi connectivity index (χ1n) is 7.09. The van der Waals surface area contributed by atoms with E-state index in [0.717, 1.165) is 12.2 Å². The molecule has 0 saturated carbocycles. The maximum Gasteiger partial charge on any atom is 0.482 e. The van der Waals surface area contributed by atoms with E-state index in [0.29, 0.717) is 0 Å². The van der Waals surface area contributed by atoms with E-state index < -0.39 is 33.3 Å². The molecule has 1 nitrogen and oxygen atoms in total. The zero-order chi connectivity index (χ0) is 20.8. The van der Waals surface area contributed by atoms with Crippen LogP contribution in [0.1, 0.15) is 11.1 Å². The Labute approximate surface area is 170 Å². The van der Waals surface area contributed by atoms with Crippen molar-refractivity contribution in [2.45, 2.75) is 29.0 Å². The molecule has 0 amide bonds. The first kappa shape index (κ1) is 22.8. The Kier molecular flexibility index (Phi) is 6.22. The summed E-state index contributed by atoms with van der Waals surface area (Å²) in [7, 11) is 0. The molecule has 0 aliphatic heterocycles. The summed E-state index contributed by atoms with van der Waals surface area (Å²) in [4.78, 5) is 0. The first-order valence-corrected chi connectivity index (χ1v) is 9.82. The summed E-state index contributed by atoms with van der Waals surface area (Å²) < 4.78 is 104. The second-order valence-electron chi connectivity index (χ2n) is 5.67. The molecule has 1 aromatic rings. The molecule has 0 heterocycles. The van der Waals surface area contributed by atoms with Crippen LogP contribution in [0, 0.1) is 13.3 Å². The Balaban J connectivity index is 2.77. The van der Waals surface area contributed by atoms with Gasteiger partial charge in [0, 0.05) is 32.1 Å². The first-order chi connectivity index (χ1) is 12.2. The number of rotatable bonds is 4. The van der Waals surface area contributed by atoms with E-state index in [1.165, 1.54) is 37.6 Å². The van der Waals surface area contributed by atoms with Crippen LogP contribution in [0.3, 0.4) is 0 Å². The molecule has 1 aromatic carbocycles. The van der Waals surface area contributed by atoms with Gasteiger partial charge in [0.1, 0.15) is 0 Å². The van der Waals surface area contributed by atoms with E-state index in [1.807, 2.05) is 0 Å². The number of hydrogen-bond acceptors (Lipinski definition) is 1. The fraction of sp³-hybridized carbons (Fsp3) is 0.312. The van der Waals surface area contributed by atoms with E-state index in [9.17, 15) is 35.3 Å². The van der Waals surface area contributed by atoms with Crippen LogP contribution >= 0.6 is 31.9 Å². The minimum absolute atomic E-state index is 0.0830. The Morgan fingerprint density at radius 1 is 0.926 bits per heavy atom. The Bertz CT molecular complexity index is 771. The molecular formula is C16H10Br2F7OS. The zero-order valence-electron chi connectivity index (χ0n) is 13.3. The highest BCUT2D eigenvalue weighted by atomic mass is 79.9. The van der Waals surface area contributed by atoms with Crippen LogP contribution < -0.4 is 0 Å². The average molecular weight is 543 g/mol. The lowest BCUT2D eigenvalue weighted by Crippen LogP contribution is -2.60. The minimum Gasteiger partial charge on any atom is -0.610 e. The highest BCUT2D eigenvalue weighted by Gasteiger charge is 2.82. The molecule has 11 heteroatoms. The van der Waals surface area contributed by atoms with Gasteiger partial charge in [0.2, 0.25) is 0 Å².